The number of aromatic nitrogens is 3. The van der Waals surface area contributed by atoms with E-state index >= 15 is 0 Å². The van der Waals surface area contributed by atoms with Crippen molar-refractivity contribution in [3.63, 3.8) is 0 Å². The van der Waals surface area contributed by atoms with E-state index in [0.717, 1.165) is 44.8 Å². The minimum Gasteiger partial charge on any atom is -0.265 e. The molecule has 3 heteroatoms. The van der Waals surface area contributed by atoms with Crippen LogP contribution in [0, 0.1) is 0 Å². The van der Waals surface area contributed by atoms with E-state index in [1.165, 1.54) is 49.0 Å². The molecule has 0 aliphatic heterocycles. The first-order chi connectivity index (χ1) is 26.7. The van der Waals surface area contributed by atoms with Gasteiger partial charge in [-0.25, -0.2) is 9.97 Å². The summed E-state index contributed by atoms with van der Waals surface area (Å²) in [6, 6.07) is 66.8. The van der Waals surface area contributed by atoms with Crippen LogP contribution in [0.1, 0.15) is 0 Å². The van der Waals surface area contributed by atoms with Crippen molar-refractivity contribution in [2.45, 2.75) is 0 Å². The van der Waals surface area contributed by atoms with Crippen LogP contribution in [-0.2, 0) is 0 Å². The van der Waals surface area contributed by atoms with Gasteiger partial charge in [-0.3, -0.25) is 4.98 Å². The van der Waals surface area contributed by atoms with E-state index in [0.29, 0.717) is 5.82 Å². The van der Waals surface area contributed by atoms with E-state index in [1.54, 1.807) is 0 Å². The van der Waals surface area contributed by atoms with Gasteiger partial charge in [0.05, 0.1) is 11.4 Å². The minimum atomic E-state index is 0.700. The Bertz CT molecular complexity index is 2950. The van der Waals surface area contributed by atoms with Crippen molar-refractivity contribution in [1.82, 2.24) is 15.0 Å². The summed E-state index contributed by atoms with van der Waals surface area (Å²) in [4.78, 5) is 14.3. The molecule has 0 saturated heterocycles. The summed E-state index contributed by atoms with van der Waals surface area (Å²) in [5.74, 6) is 0.700. The predicted molar refractivity (Wildman–Crippen MR) is 225 cm³/mol. The van der Waals surface area contributed by atoms with E-state index in [2.05, 4.69) is 163 Å². The predicted octanol–water partition coefficient (Wildman–Crippen LogP) is 13.3. The zero-order valence-electron chi connectivity index (χ0n) is 29.4. The van der Waals surface area contributed by atoms with Gasteiger partial charge in [-0.05, 0) is 96.0 Å². The van der Waals surface area contributed by atoms with Crippen LogP contribution in [0.25, 0.3) is 99.6 Å². The zero-order valence-corrected chi connectivity index (χ0v) is 29.4. The second-order valence-corrected chi connectivity index (χ2v) is 13.7. The van der Waals surface area contributed by atoms with Crippen LogP contribution >= 0.6 is 0 Å². The second-order valence-electron chi connectivity index (χ2n) is 13.7. The van der Waals surface area contributed by atoms with Crippen molar-refractivity contribution >= 4 is 32.3 Å². The highest BCUT2D eigenvalue weighted by Gasteiger charge is 2.14. The number of rotatable bonds is 6. The van der Waals surface area contributed by atoms with E-state index in [1.807, 2.05) is 42.7 Å². The molecule has 10 rings (SSSR count). The van der Waals surface area contributed by atoms with Crippen LogP contribution in [0.4, 0.5) is 0 Å². The van der Waals surface area contributed by atoms with E-state index in [-0.39, 0.29) is 0 Å². The average Bonchev–Trinajstić information content (AvgIpc) is 3.26. The maximum atomic E-state index is 5.07. The highest BCUT2D eigenvalue weighted by Crippen LogP contribution is 2.39. The number of nitrogens with zero attached hydrogens (tertiary/aromatic N) is 3. The molecule has 0 spiro atoms. The fourth-order valence-electron chi connectivity index (χ4n) is 7.65. The fourth-order valence-corrected chi connectivity index (χ4v) is 7.65. The molecule has 10 aromatic rings. The first kappa shape index (κ1) is 31.5. The highest BCUT2D eigenvalue weighted by molar-refractivity contribution is 6.23. The smallest absolute Gasteiger partial charge is 0.160 e. The quantitative estimate of drug-likeness (QED) is 0.163. The van der Waals surface area contributed by atoms with Gasteiger partial charge in [-0.15, -0.1) is 0 Å². The van der Waals surface area contributed by atoms with Crippen molar-refractivity contribution in [1.29, 1.82) is 0 Å². The Morgan fingerprint density at radius 2 is 0.852 bits per heavy atom. The highest BCUT2D eigenvalue weighted by atomic mass is 14.9. The summed E-state index contributed by atoms with van der Waals surface area (Å²) in [6.45, 7) is 0. The maximum Gasteiger partial charge on any atom is 0.160 e. The van der Waals surface area contributed by atoms with Gasteiger partial charge in [0.25, 0.3) is 0 Å². The third-order valence-corrected chi connectivity index (χ3v) is 10.4. The molecule has 2 aromatic heterocycles. The summed E-state index contributed by atoms with van der Waals surface area (Å²) >= 11 is 0. The molecule has 54 heavy (non-hydrogen) atoms. The normalized spacial score (nSPS) is 11.3. The van der Waals surface area contributed by atoms with E-state index in [4.69, 9.17) is 9.97 Å². The lowest BCUT2D eigenvalue weighted by Gasteiger charge is -2.14. The van der Waals surface area contributed by atoms with Crippen molar-refractivity contribution in [3.8, 4) is 67.3 Å². The molecular formula is C51H33N3. The third kappa shape index (κ3) is 5.78. The Morgan fingerprint density at radius 3 is 1.61 bits per heavy atom. The molecule has 0 unspecified atom stereocenters. The van der Waals surface area contributed by atoms with Crippen LogP contribution in [0.15, 0.2) is 200 Å². The standard InChI is InChI=1S/C51H33N3/c1-2-10-40(11-3-1)51-53-48(33-49(54-51)42-13-8-12-41(31-42)36-27-29-52-30-28-36)39-24-19-35(20-25-39)34-17-21-38(22-18-34)47-32-43-26-23-37-9-4-5-14-44(37)50(43)46-16-7-6-15-45(46)47/h1-33H. The van der Waals surface area contributed by atoms with E-state index in [9.17, 15) is 0 Å². The molecule has 0 atom stereocenters. The largest absolute Gasteiger partial charge is 0.265 e. The van der Waals surface area contributed by atoms with E-state index < -0.39 is 0 Å². The van der Waals surface area contributed by atoms with Gasteiger partial charge in [-0.1, -0.05) is 158 Å². The van der Waals surface area contributed by atoms with Gasteiger partial charge in [-0.2, -0.15) is 0 Å². The van der Waals surface area contributed by atoms with Crippen molar-refractivity contribution in [2.24, 2.45) is 0 Å². The van der Waals surface area contributed by atoms with Crippen molar-refractivity contribution < 1.29 is 0 Å². The first-order valence-corrected chi connectivity index (χ1v) is 18.2. The number of benzene rings is 8. The zero-order chi connectivity index (χ0) is 35.8. The monoisotopic (exact) mass is 687 g/mol. The lowest BCUT2D eigenvalue weighted by molar-refractivity contribution is 1.18. The number of pyridine rings is 1. The summed E-state index contributed by atoms with van der Waals surface area (Å²) < 4.78 is 0. The Hall–Kier alpha value is -7.23. The molecule has 2 heterocycles. The lowest BCUT2D eigenvalue weighted by Crippen LogP contribution is -1.96. The number of hydrogen-bond acceptors (Lipinski definition) is 3. The number of hydrogen-bond donors (Lipinski definition) is 0. The SMILES string of the molecule is c1ccc(-c2nc(-c3ccc(-c4ccc(-c5cc6ccc7ccccc7c6c6ccccc56)cc4)cc3)cc(-c3cccc(-c4ccncc4)c3)n2)cc1. The van der Waals surface area contributed by atoms with Gasteiger partial charge in [0.15, 0.2) is 5.82 Å². The molecule has 0 saturated carbocycles. The minimum absolute atomic E-state index is 0.700. The molecule has 0 aliphatic rings. The Labute approximate surface area is 313 Å². The maximum absolute atomic E-state index is 5.07. The lowest BCUT2D eigenvalue weighted by atomic mass is 9.90. The Kier molecular flexibility index (Phi) is 7.81. The summed E-state index contributed by atoms with van der Waals surface area (Å²) in [7, 11) is 0. The van der Waals surface area contributed by atoms with Crippen molar-refractivity contribution in [3.05, 3.63) is 200 Å². The van der Waals surface area contributed by atoms with Crippen LogP contribution < -0.4 is 0 Å². The molecule has 0 amide bonds. The van der Waals surface area contributed by atoms with Gasteiger partial charge >= 0.3 is 0 Å². The summed E-state index contributed by atoms with van der Waals surface area (Å²) in [5.41, 5.74) is 11.8. The molecule has 0 bridgehead atoms. The third-order valence-electron chi connectivity index (χ3n) is 10.4. The summed E-state index contributed by atoms with van der Waals surface area (Å²) in [5, 5.41) is 7.68. The molecule has 3 nitrogen and oxygen atoms in total. The first-order valence-electron chi connectivity index (χ1n) is 18.2. The van der Waals surface area contributed by atoms with Crippen LogP contribution in [0.3, 0.4) is 0 Å². The molecule has 0 aliphatic carbocycles. The Morgan fingerprint density at radius 1 is 0.296 bits per heavy atom. The molecule has 252 valence electrons. The number of fused-ring (bicyclic) bond motifs is 5. The van der Waals surface area contributed by atoms with Gasteiger partial charge in [0, 0.05) is 29.1 Å². The molecule has 0 fully saturated rings. The van der Waals surface area contributed by atoms with Crippen LogP contribution in [-0.4, -0.2) is 15.0 Å². The van der Waals surface area contributed by atoms with Gasteiger partial charge < -0.3 is 0 Å². The van der Waals surface area contributed by atoms with Crippen molar-refractivity contribution in [2.75, 3.05) is 0 Å². The summed E-state index contributed by atoms with van der Waals surface area (Å²) in [6.07, 6.45) is 3.65. The Balaban J connectivity index is 0.997. The topological polar surface area (TPSA) is 38.7 Å². The molecule has 8 aromatic carbocycles. The second kappa shape index (κ2) is 13.4. The fraction of sp³-hybridized carbons (Fsp3) is 0. The molecule has 0 N–H and O–H groups in total. The van der Waals surface area contributed by atoms with Crippen LogP contribution in [0.2, 0.25) is 0 Å². The van der Waals surface area contributed by atoms with Gasteiger partial charge in [0.2, 0.25) is 0 Å². The molecule has 0 radical (unpaired) electrons. The average molecular weight is 688 g/mol. The van der Waals surface area contributed by atoms with Gasteiger partial charge in [0.1, 0.15) is 0 Å². The van der Waals surface area contributed by atoms with Crippen LogP contribution in [0.5, 0.6) is 0 Å². The molecular weight excluding hydrogens is 655 g/mol.